The lowest BCUT2D eigenvalue weighted by molar-refractivity contribution is 0.241. The molecular weight excluding hydrogens is 254 g/mol. The third-order valence-corrected chi connectivity index (χ3v) is 3.47. The monoisotopic (exact) mass is 271 g/mol. The first kappa shape index (κ1) is 12.5. The zero-order valence-corrected chi connectivity index (χ0v) is 11.1. The lowest BCUT2D eigenvalue weighted by Crippen LogP contribution is -2.27. The number of aromatic hydroxyl groups is 1. The molecule has 1 rings (SSSR count). The van der Waals surface area contributed by atoms with Crippen LogP contribution in [0.25, 0.3) is 0 Å². The predicted molar refractivity (Wildman–Crippen MR) is 67.0 cm³/mol. The molecule has 0 bridgehead atoms. The predicted octanol–water partition coefficient (Wildman–Crippen LogP) is 3.39. The molecule has 0 spiro atoms. The average Bonchev–Trinajstić information content (AvgIpc) is 2.23. The highest BCUT2D eigenvalue weighted by molar-refractivity contribution is 9.10. The van der Waals surface area contributed by atoms with Gasteiger partial charge in [0, 0.05) is 18.2 Å². The summed E-state index contributed by atoms with van der Waals surface area (Å²) in [4.78, 5) is 2.24. The van der Waals surface area contributed by atoms with Gasteiger partial charge in [-0.05, 0) is 42.4 Å². The molecule has 0 aliphatic carbocycles. The molecule has 0 heterocycles. The van der Waals surface area contributed by atoms with Gasteiger partial charge >= 0.3 is 0 Å². The summed E-state index contributed by atoms with van der Waals surface area (Å²) in [5, 5.41) is 9.83. The summed E-state index contributed by atoms with van der Waals surface area (Å²) in [5.41, 5.74) is 0.965. The van der Waals surface area contributed by atoms with Gasteiger partial charge in [-0.2, -0.15) is 0 Å². The van der Waals surface area contributed by atoms with Crippen molar-refractivity contribution in [1.82, 2.24) is 4.90 Å². The Labute approximate surface area is 100 Å². The molecule has 0 aromatic heterocycles. The molecule has 0 amide bonds. The van der Waals surface area contributed by atoms with Gasteiger partial charge in [-0.1, -0.05) is 19.1 Å². The molecule has 0 aliphatic heterocycles. The molecule has 1 atom stereocenters. The molecular formula is C12H18BrNO. The van der Waals surface area contributed by atoms with Crippen molar-refractivity contribution in [3.05, 3.63) is 28.2 Å². The summed E-state index contributed by atoms with van der Waals surface area (Å²) >= 11 is 3.32. The number of nitrogens with zero attached hydrogens (tertiary/aromatic N) is 1. The highest BCUT2D eigenvalue weighted by Crippen LogP contribution is 2.28. The molecule has 84 valence electrons. The van der Waals surface area contributed by atoms with Crippen LogP contribution >= 0.6 is 15.9 Å². The van der Waals surface area contributed by atoms with E-state index in [-0.39, 0.29) is 0 Å². The van der Waals surface area contributed by atoms with Gasteiger partial charge in [0.1, 0.15) is 5.75 Å². The van der Waals surface area contributed by atoms with E-state index in [1.807, 2.05) is 18.2 Å². The average molecular weight is 272 g/mol. The minimum absolute atomic E-state index is 0.354. The summed E-state index contributed by atoms with van der Waals surface area (Å²) < 4.78 is 0.762. The summed E-state index contributed by atoms with van der Waals surface area (Å²) in [6.45, 7) is 5.14. The number of phenolic OH excluding ortho intramolecular Hbond substituents is 1. The van der Waals surface area contributed by atoms with Crippen LogP contribution < -0.4 is 0 Å². The van der Waals surface area contributed by atoms with E-state index in [0.717, 1.165) is 23.0 Å². The number of phenols is 1. The number of hydrogen-bond acceptors (Lipinski definition) is 2. The second-order valence-corrected chi connectivity index (χ2v) is 4.77. The van der Waals surface area contributed by atoms with Crippen LogP contribution in [0.1, 0.15) is 25.8 Å². The Balaban J connectivity index is 2.76. The van der Waals surface area contributed by atoms with Crippen LogP contribution in [0.3, 0.4) is 0 Å². The molecule has 1 aromatic rings. The summed E-state index contributed by atoms with van der Waals surface area (Å²) in [5.74, 6) is 0.354. The third kappa shape index (κ3) is 3.21. The lowest BCUT2D eigenvalue weighted by atomic mass is 10.1. The van der Waals surface area contributed by atoms with Crippen LogP contribution in [-0.2, 0) is 6.54 Å². The first-order valence-corrected chi connectivity index (χ1v) is 6.02. The zero-order chi connectivity index (χ0) is 11.4. The Kier molecular flexibility index (Phi) is 4.61. The van der Waals surface area contributed by atoms with Gasteiger partial charge in [0.2, 0.25) is 0 Å². The van der Waals surface area contributed by atoms with Gasteiger partial charge in [0.25, 0.3) is 0 Å². The van der Waals surface area contributed by atoms with Crippen molar-refractivity contribution in [2.45, 2.75) is 32.9 Å². The Bertz CT molecular complexity index is 327. The van der Waals surface area contributed by atoms with Gasteiger partial charge in [-0.25, -0.2) is 0 Å². The normalized spacial score (nSPS) is 13.1. The molecule has 0 aliphatic rings. The van der Waals surface area contributed by atoms with Crippen LogP contribution in [-0.4, -0.2) is 23.1 Å². The van der Waals surface area contributed by atoms with E-state index in [1.165, 1.54) is 0 Å². The van der Waals surface area contributed by atoms with Crippen molar-refractivity contribution in [3.8, 4) is 5.75 Å². The Morgan fingerprint density at radius 3 is 2.73 bits per heavy atom. The van der Waals surface area contributed by atoms with Gasteiger partial charge < -0.3 is 5.11 Å². The van der Waals surface area contributed by atoms with E-state index < -0.39 is 0 Å². The van der Waals surface area contributed by atoms with E-state index >= 15 is 0 Å². The van der Waals surface area contributed by atoms with Crippen LogP contribution in [0.2, 0.25) is 0 Å². The number of benzene rings is 1. The van der Waals surface area contributed by atoms with E-state index in [2.05, 4.69) is 41.7 Å². The van der Waals surface area contributed by atoms with Crippen molar-refractivity contribution in [3.63, 3.8) is 0 Å². The number of halogens is 1. The van der Waals surface area contributed by atoms with Crippen molar-refractivity contribution >= 4 is 15.9 Å². The van der Waals surface area contributed by atoms with Gasteiger partial charge in [0.05, 0.1) is 4.47 Å². The second kappa shape index (κ2) is 5.52. The fourth-order valence-electron chi connectivity index (χ4n) is 1.42. The lowest BCUT2D eigenvalue weighted by Gasteiger charge is -2.23. The number of rotatable bonds is 4. The van der Waals surface area contributed by atoms with Crippen LogP contribution in [0.15, 0.2) is 22.7 Å². The van der Waals surface area contributed by atoms with Crippen LogP contribution in [0.4, 0.5) is 0 Å². The SMILES string of the molecule is CCC(C)N(C)Cc1cccc(Br)c1O. The topological polar surface area (TPSA) is 23.5 Å². The molecule has 15 heavy (non-hydrogen) atoms. The fourth-order valence-corrected chi connectivity index (χ4v) is 1.83. The van der Waals surface area contributed by atoms with Crippen LogP contribution in [0, 0.1) is 0 Å². The molecule has 0 saturated heterocycles. The van der Waals surface area contributed by atoms with E-state index in [9.17, 15) is 5.11 Å². The Morgan fingerprint density at radius 1 is 1.47 bits per heavy atom. The van der Waals surface area contributed by atoms with Crippen LogP contribution in [0.5, 0.6) is 5.75 Å². The number of para-hydroxylation sites is 1. The maximum atomic E-state index is 9.83. The largest absolute Gasteiger partial charge is 0.506 e. The van der Waals surface area contributed by atoms with E-state index in [0.29, 0.717) is 11.8 Å². The molecule has 2 nitrogen and oxygen atoms in total. The number of hydrogen-bond donors (Lipinski definition) is 1. The fraction of sp³-hybridized carbons (Fsp3) is 0.500. The second-order valence-electron chi connectivity index (χ2n) is 3.92. The molecule has 3 heteroatoms. The summed E-state index contributed by atoms with van der Waals surface area (Å²) in [6, 6.07) is 6.29. The summed E-state index contributed by atoms with van der Waals surface area (Å²) in [7, 11) is 2.08. The maximum absolute atomic E-state index is 9.83. The van der Waals surface area contributed by atoms with Gasteiger partial charge in [-0.15, -0.1) is 0 Å². The molecule has 1 N–H and O–H groups in total. The first-order valence-electron chi connectivity index (χ1n) is 5.22. The minimum atomic E-state index is 0.354. The van der Waals surface area contributed by atoms with Crippen molar-refractivity contribution in [1.29, 1.82) is 0 Å². The van der Waals surface area contributed by atoms with Crippen molar-refractivity contribution in [2.75, 3.05) is 7.05 Å². The quantitative estimate of drug-likeness (QED) is 0.908. The van der Waals surface area contributed by atoms with E-state index in [1.54, 1.807) is 0 Å². The molecule has 1 aromatic carbocycles. The highest BCUT2D eigenvalue weighted by atomic mass is 79.9. The highest BCUT2D eigenvalue weighted by Gasteiger charge is 2.11. The third-order valence-electron chi connectivity index (χ3n) is 2.83. The minimum Gasteiger partial charge on any atom is -0.506 e. The van der Waals surface area contributed by atoms with Gasteiger partial charge in [-0.3, -0.25) is 4.90 Å². The molecule has 0 saturated carbocycles. The zero-order valence-electron chi connectivity index (χ0n) is 9.50. The van der Waals surface area contributed by atoms with Crippen molar-refractivity contribution in [2.24, 2.45) is 0 Å². The van der Waals surface area contributed by atoms with E-state index in [4.69, 9.17) is 0 Å². The molecule has 0 radical (unpaired) electrons. The maximum Gasteiger partial charge on any atom is 0.134 e. The Hall–Kier alpha value is -0.540. The van der Waals surface area contributed by atoms with Gasteiger partial charge in [0.15, 0.2) is 0 Å². The molecule has 1 unspecified atom stereocenters. The smallest absolute Gasteiger partial charge is 0.134 e. The first-order chi connectivity index (χ1) is 7.06. The molecule has 0 fully saturated rings. The Morgan fingerprint density at radius 2 is 2.13 bits per heavy atom. The summed E-state index contributed by atoms with van der Waals surface area (Å²) in [6.07, 6.45) is 1.12. The standard InChI is InChI=1S/C12H18BrNO/c1-4-9(2)14(3)8-10-6-5-7-11(13)12(10)15/h5-7,9,15H,4,8H2,1-3H3. The van der Waals surface area contributed by atoms with Crippen molar-refractivity contribution < 1.29 is 5.11 Å².